The van der Waals surface area contributed by atoms with Gasteiger partial charge in [0.2, 0.25) is 11.9 Å². The van der Waals surface area contributed by atoms with E-state index in [9.17, 15) is 0 Å². The molecular formula is C2H3N7. The van der Waals surface area contributed by atoms with Crippen LogP contribution in [-0.2, 0) is 0 Å². The number of aromatic nitrogens is 3. The summed E-state index contributed by atoms with van der Waals surface area (Å²) in [6, 6.07) is 0. The molecule has 0 bridgehead atoms. The topological polar surface area (TPSA) is 116 Å². The van der Waals surface area contributed by atoms with Crippen molar-refractivity contribution < 1.29 is 0 Å². The van der Waals surface area contributed by atoms with Gasteiger partial charge in [-0.3, -0.25) is 0 Å². The van der Waals surface area contributed by atoms with Crippen LogP contribution >= 0.6 is 0 Å². The van der Waals surface area contributed by atoms with Gasteiger partial charge in [-0.1, -0.05) is 0 Å². The molecule has 7 nitrogen and oxygen atoms in total. The minimum absolute atomic E-state index is 0.00926. The fourth-order valence-corrected chi connectivity index (χ4v) is 0.350. The van der Waals surface area contributed by atoms with Crippen LogP contribution in [0.3, 0.4) is 0 Å². The van der Waals surface area contributed by atoms with Gasteiger partial charge in [0.15, 0.2) is 0 Å². The number of nitrogens with zero attached hydrogens (tertiary/aromatic N) is 5. The zero-order valence-corrected chi connectivity index (χ0v) is 4.31. The maximum atomic E-state index is 7.85. The van der Waals surface area contributed by atoms with E-state index in [4.69, 9.17) is 11.3 Å². The lowest BCUT2D eigenvalue weighted by atomic mass is 11.0. The maximum absolute atomic E-state index is 7.85. The molecule has 0 saturated carbocycles. The lowest BCUT2D eigenvalue weighted by Crippen LogP contribution is -1.84. The van der Waals surface area contributed by atoms with Crippen LogP contribution < -0.4 is 5.73 Å². The number of azide groups is 1. The molecule has 0 aliphatic heterocycles. The lowest BCUT2D eigenvalue weighted by Gasteiger charge is -1.70. The van der Waals surface area contributed by atoms with Gasteiger partial charge in [-0.15, -0.1) is 0 Å². The molecule has 0 aliphatic carbocycles. The van der Waals surface area contributed by atoms with Crippen molar-refractivity contribution in [1.82, 2.24) is 15.2 Å². The Morgan fingerprint density at radius 3 is 3.00 bits per heavy atom. The van der Waals surface area contributed by atoms with Crippen molar-refractivity contribution in [1.29, 1.82) is 0 Å². The van der Waals surface area contributed by atoms with Gasteiger partial charge >= 0.3 is 0 Å². The summed E-state index contributed by atoms with van der Waals surface area (Å²) in [5.41, 5.74) is 12.9. The van der Waals surface area contributed by atoms with Crippen molar-refractivity contribution in [2.24, 2.45) is 5.11 Å². The van der Waals surface area contributed by atoms with Gasteiger partial charge in [0, 0.05) is 4.91 Å². The number of hydrogen-bond donors (Lipinski definition) is 2. The zero-order chi connectivity index (χ0) is 6.69. The summed E-state index contributed by atoms with van der Waals surface area (Å²) in [5.74, 6) is 0.146. The van der Waals surface area contributed by atoms with Gasteiger partial charge < -0.3 is 5.73 Å². The molecule has 1 aromatic rings. The third-order valence-corrected chi connectivity index (χ3v) is 0.625. The Bertz CT molecular complexity index is 241. The van der Waals surface area contributed by atoms with E-state index in [1.807, 2.05) is 0 Å². The van der Waals surface area contributed by atoms with Crippen molar-refractivity contribution in [2.75, 3.05) is 5.73 Å². The second-order valence-corrected chi connectivity index (χ2v) is 1.21. The van der Waals surface area contributed by atoms with Crippen LogP contribution in [0.4, 0.5) is 11.9 Å². The van der Waals surface area contributed by atoms with Crippen LogP contribution in [0.1, 0.15) is 0 Å². The Hall–Kier alpha value is -1.75. The van der Waals surface area contributed by atoms with Crippen LogP contribution in [0.2, 0.25) is 0 Å². The molecule has 9 heavy (non-hydrogen) atoms. The number of rotatable bonds is 1. The number of nitrogens with one attached hydrogen (secondary N) is 1. The average Bonchev–Trinajstić information content (AvgIpc) is 2.17. The van der Waals surface area contributed by atoms with Crippen molar-refractivity contribution in [3.05, 3.63) is 10.4 Å². The second-order valence-electron chi connectivity index (χ2n) is 1.21. The van der Waals surface area contributed by atoms with Crippen molar-refractivity contribution >= 4 is 11.9 Å². The molecule has 0 amide bonds. The smallest absolute Gasteiger partial charge is 0.239 e. The van der Waals surface area contributed by atoms with Gasteiger partial charge in [-0.05, 0) is 10.6 Å². The molecule has 0 fully saturated rings. The van der Waals surface area contributed by atoms with Gasteiger partial charge in [0.1, 0.15) is 0 Å². The average molecular weight is 125 g/mol. The SMILES string of the molecule is [N-]=[N+]=Nc1n[nH]c(N)n1. The molecule has 46 valence electrons. The quantitative estimate of drug-likeness (QED) is 0.320. The number of anilines is 1. The Kier molecular flexibility index (Phi) is 1.21. The first-order valence-electron chi connectivity index (χ1n) is 2.06. The molecule has 0 atom stereocenters. The molecule has 1 aromatic heterocycles. The first-order valence-corrected chi connectivity index (χ1v) is 2.06. The van der Waals surface area contributed by atoms with Gasteiger partial charge in [0.25, 0.3) is 0 Å². The Labute approximate surface area is 49.5 Å². The maximum Gasteiger partial charge on any atom is 0.239 e. The van der Waals surface area contributed by atoms with Crippen LogP contribution in [0.5, 0.6) is 0 Å². The zero-order valence-electron chi connectivity index (χ0n) is 4.31. The molecule has 0 spiro atoms. The van der Waals surface area contributed by atoms with E-state index >= 15 is 0 Å². The minimum atomic E-state index is 0.00926. The largest absolute Gasteiger partial charge is 0.368 e. The highest BCUT2D eigenvalue weighted by atomic mass is 15.3. The molecule has 0 saturated heterocycles. The predicted octanol–water partition coefficient (Wildman–Crippen LogP) is 0.329. The highest BCUT2D eigenvalue weighted by Gasteiger charge is 1.92. The van der Waals surface area contributed by atoms with Crippen LogP contribution in [0.25, 0.3) is 10.4 Å². The summed E-state index contributed by atoms with van der Waals surface area (Å²) in [4.78, 5) is 5.93. The molecule has 0 aromatic carbocycles. The number of H-pyrrole nitrogens is 1. The molecule has 1 rings (SSSR count). The van der Waals surface area contributed by atoms with Crippen molar-refractivity contribution in [3.8, 4) is 0 Å². The van der Waals surface area contributed by atoms with Crippen LogP contribution in [0, 0.1) is 0 Å². The summed E-state index contributed by atoms with van der Waals surface area (Å²) in [6.07, 6.45) is 0. The predicted molar refractivity (Wildman–Crippen MR) is 29.6 cm³/mol. The Morgan fingerprint density at radius 1 is 1.78 bits per heavy atom. The lowest BCUT2D eigenvalue weighted by molar-refractivity contribution is 1.08. The van der Waals surface area contributed by atoms with E-state index in [2.05, 4.69) is 25.2 Å². The van der Waals surface area contributed by atoms with Crippen molar-refractivity contribution in [3.63, 3.8) is 0 Å². The Balaban J connectivity index is 2.97. The molecule has 7 heteroatoms. The fraction of sp³-hybridized carbons (Fsp3) is 0. The molecular weight excluding hydrogens is 122 g/mol. The first-order chi connectivity index (χ1) is 4.33. The number of aromatic amines is 1. The van der Waals surface area contributed by atoms with Gasteiger partial charge in [-0.2, -0.15) is 10.1 Å². The standard InChI is InChI=1S/C2H3N7/c3-1-5-2(7-6-1)8-9-4/h(H3,3,5,6,7). The molecule has 3 N–H and O–H groups in total. The van der Waals surface area contributed by atoms with E-state index in [0.717, 1.165) is 0 Å². The minimum Gasteiger partial charge on any atom is -0.368 e. The summed E-state index contributed by atoms with van der Waals surface area (Å²) < 4.78 is 0. The summed E-state index contributed by atoms with van der Waals surface area (Å²) in [6.45, 7) is 0. The normalized spacial score (nSPS) is 8.44. The van der Waals surface area contributed by atoms with E-state index in [-0.39, 0.29) is 11.9 Å². The summed E-state index contributed by atoms with van der Waals surface area (Å²) in [7, 11) is 0. The molecule has 1 heterocycles. The fourth-order valence-electron chi connectivity index (χ4n) is 0.350. The van der Waals surface area contributed by atoms with Crippen molar-refractivity contribution in [2.45, 2.75) is 0 Å². The number of hydrogen-bond acceptors (Lipinski definition) is 4. The summed E-state index contributed by atoms with van der Waals surface area (Å²) >= 11 is 0. The highest BCUT2D eigenvalue weighted by molar-refractivity contribution is 5.23. The van der Waals surface area contributed by atoms with Gasteiger partial charge in [0.05, 0.1) is 0 Å². The number of nitrogens with two attached hydrogens (primary N) is 1. The highest BCUT2D eigenvalue weighted by Crippen LogP contribution is 2.02. The molecule has 0 radical (unpaired) electrons. The number of nitrogen functional groups attached to an aromatic ring is 1. The van der Waals surface area contributed by atoms with E-state index < -0.39 is 0 Å². The van der Waals surface area contributed by atoms with Gasteiger partial charge in [-0.25, -0.2) is 5.10 Å². The van der Waals surface area contributed by atoms with E-state index in [1.165, 1.54) is 0 Å². The molecule has 0 aliphatic rings. The Morgan fingerprint density at radius 2 is 2.56 bits per heavy atom. The monoisotopic (exact) mass is 125 g/mol. The second kappa shape index (κ2) is 2.01. The summed E-state index contributed by atoms with van der Waals surface area (Å²) in [5, 5.41) is 8.80. The molecule has 0 unspecified atom stereocenters. The van der Waals surface area contributed by atoms with Crippen LogP contribution in [0.15, 0.2) is 5.11 Å². The third-order valence-electron chi connectivity index (χ3n) is 0.625. The van der Waals surface area contributed by atoms with E-state index in [0.29, 0.717) is 0 Å². The van der Waals surface area contributed by atoms with E-state index in [1.54, 1.807) is 0 Å². The van der Waals surface area contributed by atoms with Crippen LogP contribution in [-0.4, -0.2) is 15.2 Å². The first kappa shape index (κ1) is 5.39. The third kappa shape index (κ3) is 1.07.